The molecule has 1 aliphatic rings. The van der Waals surface area contributed by atoms with Gasteiger partial charge in [0.25, 0.3) is 0 Å². The van der Waals surface area contributed by atoms with E-state index in [9.17, 15) is 0 Å². The van der Waals surface area contributed by atoms with Gasteiger partial charge in [-0.25, -0.2) is 0 Å². The average molecular weight is 390 g/mol. The van der Waals surface area contributed by atoms with Crippen molar-refractivity contribution in [3.63, 3.8) is 0 Å². The maximum atomic E-state index is 5.48. The van der Waals surface area contributed by atoms with E-state index in [4.69, 9.17) is 4.74 Å². The van der Waals surface area contributed by atoms with E-state index in [0.717, 1.165) is 43.4 Å². The molecular weight excluding hydrogens is 364 g/mol. The number of aromatic nitrogens is 3. The Hall–Kier alpha value is -3.19. The molecule has 2 N–H and O–H groups in total. The predicted molar refractivity (Wildman–Crippen MR) is 116 cm³/mol. The van der Waals surface area contributed by atoms with Crippen LogP contribution in [0.5, 0.6) is 0 Å². The lowest BCUT2D eigenvalue weighted by molar-refractivity contribution is 0.123. The number of nitrogens with zero attached hydrogens (tertiary/aromatic N) is 4. The number of morpholine rings is 1. The second-order valence-corrected chi connectivity index (χ2v) is 7.27. The van der Waals surface area contributed by atoms with E-state index in [-0.39, 0.29) is 0 Å². The van der Waals surface area contributed by atoms with Gasteiger partial charge in [0.2, 0.25) is 5.95 Å². The number of ether oxygens (including phenoxy) is 1. The number of hydrogen-bond acceptors (Lipinski definition) is 7. The third-order valence-corrected chi connectivity index (χ3v) is 4.91. The highest BCUT2D eigenvalue weighted by Crippen LogP contribution is 2.29. The van der Waals surface area contributed by atoms with Crippen LogP contribution in [-0.4, -0.2) is 41.5 Å². The van der Waals surface area contributed by atoms with E-state index >= 15 is 0 Å². The molecule has 0 bridgehead atoms. The molecule has 1 saturated heterocycles. The van der Waals surface area contributed by atoms with Gasteiger partial charge in [-0.15, -0.1) is 5.10 Å². The molecule has 1 fully saturated rings. The molecule has 0 amide bonds. The molecule has 0 spiro atoms. The van der Waals surface area contributed by atoms with E-state index in [0.29, 0.717) is 17.7 Å². The molecule has 1 aliphatic heterocycles. The van der Waals surface area contributed by atoms with Crippen LogP contribution in [0.3, 0.4) is 0 Å². The molecule has 150 valence electrons. The zero-order chi connectivity index (χ0) is 20.1. The fourth-order valence-corrected chi connectivity index (χ4v) is 3.45. The van der Waals surface area contributed by atoms with Gasteiger partial charge in [-0.05, 0) is 29.7 Å². The largest absolute Gasteiger partial charge is 0.378 e. The quantitative estimate of drug-likeness (QED) is 0.649. The number of rotatable bonds is 6. The second kappa shape index (κ2) is 8.87. The van der Waals surface area contributed by atoms with Crippen molar-refractivity contribution in [1.29, 1.82) is 0 Å². The molecule has 29 heavy (non-hydrogen) atoms. The molecule has 0 radical (unpaired) electrons. The Morgan fingerprint density at radius 3 is 2.45 bits per heavy atom. The van der Waals surface area contributed by atoms with Crippen LogP contribution < -0.4 is 15.5 Å². The smallest absolute Gasteiger partial charge is 0.249 e. The second-order valence-electron chi connectivity index (χ2n) is 7.27. The van der Waals surface area contributed by atoms with Gasteiger partial charge >= 0.3 is 0 Å². The Bertz CT molecular complexity index is 955. The Labute approximate surface area is 171 Å². The number of para-hydroxylation sites is 3. The van der Waals surface area contributed by atoms with Crippen molar-refractivity contribution in [3.8, 4) is 0 Å². The summed E-state index contributed by atoms with van der Waals surface area (Å²) in [5, 5.41) is 15.0. The van der Waals surface area contributed by atoms with Crippen LogP contribution in [0.15, 0.2) is 54.7 Å². The maximum absolute atomic E-state index is 5.48. The van der Waals surface area contributed by atoms with Crippen molar-refractivity contribution in [2.75, 3.05) is 41.8 Å². The molecule has 0 unspecified atom stereocenters. The summed E-state index contributed by atoms with van der Waals surface area (Å²) in [6.45, 7) is 7.57. The fraction of sp³-hybridized carbons (Fsp3) is 0.318. The monoisotopic (exact) mass is 390 g/mol. The molecule has 0 atom stereocenters. The molecule has 1 aromatic heterocycles. The van der Waals surface area contributed by atoms with Gasteiger partial charge in [-0.1, -0.05) is 44.2 Å². The van der Waals surface area contributed by atoms with Gasteiger partial charge in [0.1, 0.15) is 0 Å². The molecule has 0 aliphatic carbocycles. The van der Waals surface area contributed by atoms with Crippen molar-refractivity contribution < 1.29 is 4.74 Å². The minimum atomic E-state index is 0.397. The van der Waals surface area contributed by atoms with Gasteiger partial charge in [-0.3, -0.25) is 0 Å². The Balaban J connectivity index is 1.55. The van der Waals surface area contributed by atoms with Gasteiger partial charge in [-0.2, -0.15) is 10.1 Å². The lowest BCUT2D eigenvalue weighted by atomic mass is 10.0. The lowest BCUT2D eigenvalue weighted by Gasteiger charge is -2.30. The van der Waals surface area contributed by atoms with E-state index in [2.05, 4.69) is 56.7 Å². The van der Waals surface area contributed by atoms with Crippen LogP contribution in [0.25, 0.3) is 0 Å². The first-order valence-corrected chi connectivity index (χ1v) is 9.95. The summed E-state index contributed by atoms with van der Waals surface area (Å²) < 4.78 is 5.48. The first kappa shape index (κ1) is 19.1. The summed E-state index contributed by atoms with van der Waals surface area (Å²) in [7, 11) is 0. The fourth-order valence-electron chi connectivity index (χ4n) is 3.45. The maximum Gasteiger partial charge on any atom is 0.249 e. The Morgan fingerprint density at radius 1 is 0.931 bits per heavy atom. The first-order chi connectivity index (χ1) is 14.2. The van der Waals surface area contributed by atoms with Gasteiger partial charge < -0.3 is 20.3 Å². The van der Waals surface area contributed by atoms with Crippen molar-refractivity contribution in [2.45, 2.75) is 19.8 Å². The van der Waals surface area contributed by atoms with E-state index < -0.39 is 0 Å². The Kier molecular flexibility index (Phi) is 5.86. The number of anilines is 5. The van der Waals surface area contributed by atoms with Gasteiger partial charge in [0.15, 0.2) is 5.82 Å². The molecule has 7 heteroatoms. The van der Waals surface area contributed by atoms with Crippen LogP contribution in [0.4, 0.5) is 28.8 Å². The van der Waals surface area contributed by atoms with Crippen molar-refractivity contribution in [2.24, 2.45) is 0 Å². The molecule has 3 aromatic rings. The zero-order valence-corrected chi connectivity index (χ0v) is 16.8. The Morgan fingerprint density at radius 2 is 1.66 bits per heavy atom. The zero-order valence-electron chi connectivity index (χ0n) is 16.8. The van der Waals surface area contributed by atoms with Crippen LogP contribution in [-0.2, 0) is 4.74 Å². The average Bonchev–Trinajstić information content (AvgIpc) is 2.75. The third-order valence-electron chi connectivity index (χ3n) is 4.91. The van der Waals surface area contributed by atoms with Crippen LogP contribution in [0, 0.1) is 0 Å². The molecule has 7 nitrogen and oxygen atoms in total. The molecule has 2 heterocycles. The summed E-state index contributed by atoms with van der Waals surface area (Å²) in [5.41, 5.74) is 4.33. The highest BCUT2D eigenvalue weighted by Gasteiger charge is 2.15. The number of benzene rings is 2. The normalized spacial score (nSPS) is 14.1. The summed E-state index contributed by atoms with van der Waals surface area (Å²) in [6.07, 6.45) is 1.63. The van der Waals surface area contributed by atoms with E-state index in [1.165, 1.54) is 5.56 Å². The van der Waals surface area contributed by atoms with E-state index in [1.807, 2.05) is 36.4 Å². The summed E-state index contributed by atoms with van der Waals surface area (Å²) >= 11 is 0. The number of hydrogen-bond donors (Lipinski definition) is 2. The summed E-state index contributed by atoms with van der Waals surface area (Å²) in [5.74, 6) is 1.51. The van der Waals surface area contributed by atoms with Crippen LogP contribution >= 0.6 is 0 Å². The summed E-state index contributed by atoms with van der Waals surface area (Å²) in [6, 6.07) is 16.4. The minimum absolute atomic E-state index is 0.397. The first-order valence-electron chi connectivity index (χ1n) is 9.95. The predicted octanol–water partition coefficient (Wildman–Crippen LogP) is 4.32. The molecular formula is C22H26N6O. The molecule has 0 saturated carbocycles. The summed E-state index contributed by atoms with van der Waals surface area (Å²) in [4.78, 5) is 6.93. The third kappa shape index (κ3) is 4.63. The molecule has 4 rings (SSSR count). The standard InChI is InChI=1S/C22H26N6O/c1-16(2)17-7-3-4-8-18(17)25-22-26-21(15-23-27-22)24-19-9-5-6-10-20(19)28-11-13-29-14-12-28/h3-10,15-16H,11-14H2,1-2H3,(H2,24,25,26,27). The van der Waals surface area contributed by atoms with Gasteiger partial charge in [0.05, 0.1) is 30.8 Å². The van der Waals surface area contributed by atoms with Crippen molar-refractivity contribution in [3.05, 3.63) is 60.3 Å². The topological polar surface area (TPSA) is 75.2 Å². The minimum Gasteiger partial charge on any atom is -0.378 e. The lowest BCUT2D eigenvalue weighted by Crippen LogP contribution is -2.36. The molecule has 2 aromatic carbocycles. The highest BCUT2D eigenvalue weighted by atomic mass is 16.5. The van der Waals surface area contributed by atoms with Crippen molar-refractivity contribution >= 4 is 28.8 Å². The number of nitrogens with one attached hydrogen (secondary N) is 2. The SMILES string of the molecule is CC(C)c1ccccc1Nc1nncc(Nc2ccccc2N2CCOCC2)n1. The van der Waals surface area contributed by atoms with Crippen LogP contribution in [0.1, 0.15) is 25.3 Å². The van der Waals surface area contributed by atoms with E-state index in [1.54, 1.807) is 6.20 Å². The van der Waals surface area contributed by atoms with Crippen LogP contribution in [0.2, 0.25) is 0 Å². The van der Waals surface area contributed by atoms with Gasteiger partial charge in [0, 0.05) is 18.8 Å². The van der Waals surface area contributed by atoms with Crippen molar-refractivity contribution in [1.82, 2.24) is 15.2 Å². The highest BCUT2D eigenvalue weighted by molar-refractivity contribution is 5.74.